The minimum atomic E-state index is -3.87. The zero-order chi connectivity index (χ0) is 22.1. The summed E-state index contributed by atoms with van der Waals surface area (Å²) in [5.41, 5.74) is -0.312. The molecule has 0 spiro atoms. The Morgan fingerprint density at radius 1 is 1.40 bits per heavy atom. The van der Waals surface area contributed by atoms with Crippen LogP contribution in [-0.2, 0) is 16.6 Å². The molecule has 3 rings (SSSR count). The zero-order valence-electron chi connectivity index (χ0n) is 16.6. The lowest BCUT2D eigenvalue weighted by Crippen LogP contribution is -2.39. The summed E-state index contributed by atoms with van der Waals surface area (Å²) in [6, 6.07) is 3.67. The highest BCUT2D eigenvalue weighted by molar-refractivity contribution is 7.89. The van der Waals surface area contributed by atoms with E-state index < -0.39 is 27.2 Å². The summed E-state index contributed by atoms with van der Waals surface area (Å²) in [6.07, 6.45) is 4.01. The summed E-state index contributed by atoms with van der Waals surface area (Å²) in [6.45, 7) is -0.198. The number of halogens is 2. The molecule has 2 aromatic rings. The highest BCUT2D eigenvalue weighted by Gasteiger charge is 2.31. The first kappa shape index (κ1) is 22.1. The molecule has 9 nitrogen and oxygen atoms in total. The summed E-state index contributed by atoms with van der Waals surface area (Å²) in [4.78, 5) is 16.1. The van der Waals surface area contributed by atoms with Crippen molar-refractivity contribution in [2.24, 2.45) is 5.92 Å². The van der Waals surface area contributed by atoms with Crippen LogP contribution < -0.4 is 4.90 Å². The second kappa shape index (κ2) is 8.64. The largest absolute Gasteiger partial charge is 0.362 e. The molecule has 1 aliphatic heterocycles. The monoisotopic (exact) mass is 443 g/mol. The van der Waals surface area contributed by atoms with Crippen molar-refractivity contribution >= 4 is 21.4 Å². The van der Waals surface area contributed by atoms with Crippen molar-refractivity contribution in [3.8, 4) is 0 Å². The number of rotatable bonds is 7. The van der Waals surface area contributed by atoms with Gasteiger partial charge in [-0.25, -0.2) is 13.4 Å². The van der Waals surface area contributed by atoms with Crippen molar-refractivity contribution in [3.63, 3.8) is 0 Å². The van der Waals surface area contributed by atoms with Crippen LogP contribution in [0, 0.1) is 16.0 Å². The van der Waals surface area contributed by atoms with Crippen LogP contribution in [0.5, 0.6) is 0 Å². The first-order valence-electron chi connectivity index (χ1n) is 9.41. The molecule has 0 amide bonds. The van der Waals surface area contributed by atoms with E-state index in [1.165, 1.54) is 34.6 Å². The number of benzene rings is 1. The molecule has 1 saturated heterocycles. The average molecular weight is 443 g/mol. The molecule has 30 heavy (non-hydrogen) atoms. The third-order valence-corrected chi connectivity index (χ3v) is 7.01. The van der Waals surface area contributed by atoms with E-state index in [2.05, 4.69) is 4.98 Å². The lowest BCUT2D eigenvalue weighted by atomic mass is 10.0. The van der Waals surface area contributed by atoms with Crippen molar-refractivity contribution in [2.45, 2.75) is 37.8 Å². The van der Waals surface area contributed by atoms with Crippen molar-refractivity contribution in [3.05, 3.63) is 46.5 Å². The SMILES string of the molecule is C[C@H]1CCCN(S(=O)(=O)c2ccc(N(C)Cc3nccn3C(F)F)c([N+](=O)[O-])c2)C1. The number of piperidine rings is 1. The molecule has 0 bridgehead atoms. The highest BCUT2D eigenvalue weighted by atomic mass is 32.2. The number of hydrogen-bond donors (Lipinski definition) is 0. The fourth-order valence-corrected chi connectivity index (χ4v) is 5.21. The lowest BCUT2D eigenvalue weighted by Gasteiger charge is -2.30. The Bertz CT molecular complexity index is 1030. The molecule has 2 heterocycles. The molecule has 1 aromatic heterocycles. The Hall–Kier alpha value is -2.60. The van der Waals surface area contributed by atoms with Gasteiger partial charge in [-0.05, 0) is 30.9 Å². The van der Waals surface area contributed by atoms with E-state index in [-0.39, 0.29) is 28.9 Å². The van der Waals surface area contributed by atoms with Crippen LogP contribution in [-0.4, -0.2) is 47.3 Å². The summed E-state index contributed by atoms with van der Waals surface area (Å²) in [5, 5.41) is 11.6. The van der Waals surface area contributed by atoms with E-state index in [4.69, 9.17) is 0 Å². The lowest BCUT2D eigenvalue weighted by molar-refractivity contribution is -0.384. The van der Waals surface area contributed by atoms with Crippen LogP contribution in [0.25, 0.3) is 0 Å². The maximum absolute atomic E-state index is 13.0. The summed E-state index contributed by atoms with van der Waals surface area (Å²) >= 11 is 0. The van der Waals surface area contributed by atoms with Gasteiger partial charge in [-0.1, -0.05) is 6.92 Å². The number of alkyl halides is 2. The quantitative estimate of drug-likeness (QED) is 0.481. The van der Waals surface area contributed by atoms with E-state index in [0.717, 1.165) is 25.1 Å². The molecule has 0 aliphatic carbocycles. The Morgan fingerprint density at radius 2 is 2.13 bits per heavy atom. The van der Waals surface area contributed by atoms with Gasteiger partial charge in [0.25, 0.3) is 5.69 Å². The van der Waals surface area contributed by atoms with Gasteiger partial charge in [-0.15, -0.1) is 0 Å². The molecule has 164 valence electrons. The number of imidazole rings is 1. The number of nitrogens with zero attached hydrogens (tertiary/aromatic N) is 5. The van der Waals surface area contributed by atoms with Gasteiger partial charge in [0.2, 0.25) is 10.0 Å². The zero-order valence-corrected chi connectivity index (χ0v) is 17.4. The van der Waals surface area contributed by atoms with Crippen LogP contribution >= 0.6 is 0 Å². The number of sulfonamides is 1. The van der Waals surface area contributed by atoms with Gasteiger partial charge in [0.15, 0.2) is 0 Å². The topological polar surface area (TPSA) is 102 Å². The maximum atomic E-state index is 13.0. The van der Waals surface area contributed by atoms with Crippen LogP contribution in [0.4, 0.5) is 20.2 Å². The first-order chi connectivity index (χ1) is 14.1. The Labute approximate surface area is 173 Å². The standard InChI is InChI=1S/C18H23F2N5O4S/c1-13-4-3-8-23(11-13)30(28,29)14-5-6-15(16(10-14)25(26)27)22(2)12-17-21-7-9-24(17)18(19)20/h5-7,9-10,13,18H,3-4,8,11-12H2,1-2H3/t13-/m0/s1. The predicted molar refractivity (Wildman–Crippen MR) is 106 cm³/mol. The minimum Gasteiger partial charge on any atom is -0.362 e. The fourth-order valence-electron chi connectivity index (χ4n) is 3.59. The number of hydrogen-bond acceptors (Lipinski definition) is 6. The molecular weight excluding hydrogens is 420 g/mol. The van der Waals surface area contributed by atoms with E-state index >= 15 is 0 Å². The molecule has 0 radical (unpaired) electrons. The molecule has 0 saturated carbocycles. The minimum absolute atomic E-state index is 0.0285. The van der Waals surface area contributed by atoms with Crippen molar-refractivity contribution < 1.29 is 22.1 Å². The van der Waals surface area contributed by atoms with E-state index in [9.17, 15) is 27.3 Å². The third-order valence-electron chi connectivity index (χ3n) is 5.15. The maximum Gasteiger partial charge on any atom is 0.319 e. The smallest absolute Gasteiger partial charge is 0.319 e. The van der Waals surface area contributed by atoms with E-state index in [0.29, 0.717) is 17.7 Å². The van der Waals surface area contributed by atoms with Crippen LogP contribution in [0.2, 0.25) is 0 Å². The van der Waals surface area contributed by atoms with Crippen molar-refractivity contribution in [1.29, 1.82) is 0 Å². The predicted octanol–water partition coefficient (Wildman–Crippen LogP) is 3.24. The molecular formula is C18H23F2N5O4S. The van der Waals surface area contributed by atoms with Crippen LogP contribution in [0.15, 0.2) is 35.5 Å². The summed E-state index contributed by atoms with van der Waals surface area (Å²) in [5.74, 6) is 0.244. The van der Waals surface area contributed by atoms with Crippen LogP contribution in [0.1, 0.15) is 32.1 Å². The van der Waals surface area contributed by atoms with Gasteiger partial charge in [-0.3, -0.25) is 14.7 Å². The summed E-state index contributed by atoms with van der Waals surface area (Å²) in [7, 11) is -2.37. The molecule has 12 heteroatoms. The number of aromatic nitrogens is 2. The number of nitro groups is 1. The molecule has 1 fully saturated rings. The van der Waals surface area contributed by atoms with Gasteiger partial charge in [0.05, 0.1) is 16.4 Å². The molecule has 0 N–H and O–H groups in total. The highest BCUT2D eigenvalue weighted by Crippen LogP contribution is 2.33. The van der Waals surface area contributed by atoms with E-state index in [1.54, 1.807) is 0 Å². The Balaban J connectivity index is 1.92. The second-order valence-electron chi connectivity index (χ2n) is 7.40. The van der Waals surface area contributed by atoms with Gasteiger partial charge < -0.3 is 4.90 Å². The molecule has 1 aliphatic rings. The average Bonchev–Trinajstić information content (AvgIpc) is 3.15. The fraction of sp³-hybridized carbons (Fsp3) is 0.500. The first-order valence-corrected chi connectivity index (χ1v) is 10.8. The van der Waals surface area contributed by atoms with E-state index in [1.807, 2.05) is 6.92 Å². The Morgan fingerprint density at radius 3 is 2.77 bits per heavy atom. The number of anilines is 1. The second-order valence-corrected chi connectivity index (χ2v) is 9.34. The van der Waals surface area contributed by atoms with Crippen molar-refractivity contribution in [1.82, 2.24) is 13.9 Å². The van der Waals surface area contributed by atoms with Gasteiger partial charge in [0.1, 0.15) is 11.5 Å². The Kier molecular flexibility index (Phi) is 6.36. The molecule has 1 atom stereocenters. The van der Waals surface area contributed by atoms with Gasteiger partial charge >= 0.3 is 6.55 Å². The van der Waals surface area contributed by atoms with Crippen molar-refractivity contribution in [2.75, 3.05) is 25.0 Å². The summed E-state index contributed by atoms with van der Waals surface area (Å²) < 4.78 is 54.0. The van der Waals surface area contributed by atoms with Gasteiger partial charge in [0, 0.05) is 38.6 Å². The molecule has 0 unspecified atom stereocenters. The third kappa shape index (κ3) is 4.43. The molecule has 1 aromatic carbocycles. The van der Waals surface area contributed by atoms with Gasteiger partial charge in [-0.2, -0.15) is 13.1 Å². The normalized spacial score (nSPS) is 18.0. The van der Waals surface area contributed by atoms with Crippen LogP contribution in [0.3, 0.4) is 0 Å². The number of nitro benzene ring substituents is 1.